The van der Waals surface area contributed by atoms with Crippen molar-refractivity contribution in [1.29, 1.82) is 0 Å². The van der Waals surface area contributed by atoms with Crippen LogP contribution in [0, 0.1) is 0 Å². The molecule has 0 spiro atoms. The van der Waals surface area contributed by atoms with Crippen LogP contribution in [-0.2, 0) is 0 Å². The number of fused-ring (bicyclic) bond motifs is 4. The summed E-state index contributed by atoms with van der Waals surface area (Å²) < 4.78 is 3.78. The first-order valence-corrected chi connectivity index (χ1v) is 20.4. The van der Waals surface area contributed by atoms with E-state index in [0.717, 1.165) is 34.4 Å². The number of anilines is 6. The van der Waals surface area contributed by atoms with Gasteiger partial charge in [-0.3, -0.25) is 9.80 Å². The number of aromatic nitrogens is 2. The highest BCUT2D eigenvalue weighted by Crippen LogP contribution is 2.51. The molecule has 4 aromatic heterocycles. The Morgan fingerprint density at radius 3 is 1.91 bits per heavy atom. The Labute approximate surface area is 326 Å². The van der Waals surface area contributed by atoms with Crippen molar-refractivity contribution in [1.82, 2.24) is 9.97 Å². The topological polar surface area (TPSA) is 32.3 Å². The van der Waals surface area contributed by atoms with Crippen LogP contribution in [0.2, 0.25) is 0 Å². The van der Waals surface area contributed by atoms with Crippen LogP contribution in [0.4, 0.5) is 34.4 Å². The van der Waals surface area contributed by atoms with E-state index in [1.165, 1.54) is 68.1 Å². The summed E-state index contributed by atoms with van der Waals surface area (Å²) in [7, 11) is 0. The lowest BCUT2D eigenvalue weighted by molar-refractivity contribution is 0.876. The van der Waals surface area contributed by atoms with E-state index in [4.69, 9.17) is 9.97 Å². The normalized spacial score (nSPS) is 12.0. The first-order valence-electron chi connectivity index (χ1n) is 18.7. The van der Waals surface area contributed by atoms with Crippen LogP contribution in [0.25, 0.3) is 62.6 Å². The quantitative estimate of drug-likeness (QED) is 0.152. The lowest BCUT2D eigenvalue weighted by Crippen LogP contribution is -2.13. The van der Waals surface area contributed by atoms with Gasteiger partial charge in [0.15, 0.2) is 0 Å². The molecule has 0 aliphatic carbocycles. The first-order chi connectivity index (χ1) is 27.1. The van der Waals surface area contributed by atoms with E-state index in [2.05, 4.69) is 162 Å². The fourth-order valence-electron chi connectivity index (χ4n) is 8.53. The molecule has 0 atom stereocenters. The molecule has 11 aromatic rings. The zero-order chi connectivity index (χ0) is 36.6. The average molecular weight is 743 g/mol. The third-order valence-electron chi connectivity index (χ3n) is 11.0. The Balaban J connectivity index is 1.24. The van der Waals surface area contributed by atoms with Crippen LogP contribution in [0.15, 0.2) is 163 Å². The Morgan fingerprint density at radius 2 is 1.13 bits per heavy atom. The molecule has 6 heteroatoms. The summed E-state index contributed by atoms with van der Waals surface area (Å²) in [6.45, 7) is 4.62. The van der Waals surface area contributed by atoms with Gasteiger partial charge in [0.1, 0.15) is 11.6 Å². The largest absolute Gasteiger partial charge is 0.293 e. The van der Waals surface area contributed by atoms with Gasteiger partial charge in [0.25, 0.3) is 0 Å². The van der Waals surface area contributed by atoms with Gasteiger partial charge in [-0.25, -0.2) is 9.97 Å². The number of rotatable bonds is 7. The number of pyridine rings is 2. The summed E-state index contributed by atoms with van der Waals surface area (Å²) in [5.41, 5.74) is 5.81. The maximum Gasteiger partial charge on any atom is 0.137 e. The van der Waals surface area contributed by atoms with Crippen molar-refractivity contribution in [2.24, 2.45) is 0 Å². The van der Waals surface area contributed by atoms with E-state index in [-0.39, 0.29) is 5.92 Å². The highest BCUT2D eigenvalue weighted by atomic mass is 32.1. The van der Waals surface area contributed by atoms with Crippen molar-refractivity contribution in [3.63, 3.8) is 0 Å². The summed E-state index contributed by atoms with van der Waals surface area (Å²) in [6.07, 6.45) is 3.79. The molecule has 55 heavy (non-hydrogen) atoms. The number of benzene rings is 7. The van der Waals surface area contributed by atoms with Crippen molar-refractivity contribution in [2.75, 3.05) is 9.80 Å². The lowest BCUT2D eigenvalue weighted by Gasteiger charge is -2.30. The van der Waals surface area contributed by atoms with Gasteiger partial charge in [0.2, 0.25) is 0 Å². The number of nitrogens with zero attached hydrogens (tertiary/aromatic N) is 4. The van der Waals surface area contributed by atoms with Crippen LogP contribution in [-0.4, -0.2) is 9.97 Å². The van der Waals surface area contributed by atoms with Crippen molar-refractivity contribution < 1.29 is 0 Å². The highest BCUT2D eigenvalue weighted by Gasteiger charge is 2.26. The monoisotopic (exact) mass is 742 g/mol. The van der Waals surface area contributed by atoms with Gasteiger partial charge in [0, 0.05) is 38.6 Å². The Morgan fingerprint density at radius 1 is 0.473 bits per heavy atom. The van der Waals surface area contributed by atoms with Gasteiger partial charge < -0.3 is 0 Å². The van der Waals surface area contributed by atoms with Gasteiger partial charge in [-0.1, -0.05) is 98.8 Å². The van der Waals surface area contributed by atoms with Crippen molar-refractivity contribution in [2.45, 2.75) is 19.8 Å². The summed E-state index contributed by atoms with van der Waals surface area (Å²) in [5.74, 6) is 2.07. The second-order valence-electron chi connectivity index (χ2n) is 14.4. The van der Waals surface area contributed by atoms with E-state index in [0.29, 0.717) is 0 Å². The molecule has 0 saturated heterocycles. The summed E-state index contributed by atoms with van der Waals surface area (Å²) in [4.78, 5) is 14.7. The van der Waals surface area contributed by atoms with Crippen LogP contribution in [0.5, 0.6) is 0 Å². The molecule has 4 heterocycles. The molecular formula is C49H34N4S2. The third-order valence-corrected chi connectivity index (χ3v) is 13.1. The highest BCUT2D eigenvalue weighted by molar-refractivity contribution is 7.26. The zero-order valence-electron chi connectivity index (χ0n) is 30.3. The number of hydrogen-bond donors (Lipinski definition) is 0. The van der Waals surface area contributed by atoms with Gasteiger partial charge in [-0.15, -0.1) is 22.7 Å². The molecule has 262 valence electrons. The number of hydrogen-bond acceptors (Lipinski definition) is 6. The van der Waals surface area contributed by atoms with E-state index in [9.17, 15) is 0 Å². The van der Waals surface area contributed by atoms with Crippen LogP contribution in [0.3, 0.4) is 0 Å². The molecule has 0 amide bonds. The fraction of sp³-hybridized carbons (Fsp3) is 0.0612. The van der Waals surface area contributed by atoms with Crippen LogP contribution in [0.1, 0.15) is 25.3 Å². The maximum atomic E-state index is 5.02. The molecule has 0 fully saturated rings. The van der Waals surface area contributed by atoms with E-state index < -0.39 is 0 Å². The van der Waals surface area contributed by atoms with Crippen molar-refractivity contribution in [3.05, 3.63) is 169 Å². The Bertz CT molecular complexity index is 3200. The molecule has 7 aromatic carbocycles. The SMILES string of the molecule is CC(C)c1cc(N(c2ccccn2)c2cccc3c2sc2ccccc23)c2ccc3ccc(N(c4ccccn4)c4cccc5ccsc45)c4ccc1c2c34. The molecule has 0 radical (unpaired) electrons. The third kappa shape index (κ3) is 4.95. The van der Waals surface area contributed by atoms with Gasteiger partial charge >= 0.3 is 0 Å². The predicted molar refractivity (Wildman–Crippen MR) is 237 cm³/mol. The maximum absolute atomic E-state index is 5.02. The second-order valence-corrected chi connectivity index (χ2v) is 16.4. The lowest BCUT2D eigenvalue weighted by atomic mass is 9.87. The van der Waals surface area contributed by atoms with Crippen LogP contribution < -0.4 is 9.80 Å². The molecule has 0 aliphatic rings. The minimum Gasteiger partial charge on any atom is -0.293 e. The molecule has 4 nitrogen and oxygen atoms in total. The molecule has 11 rings (SSSR count). The number of thiophene rings is 2. The standard InChI is InChI=1S/C49H34N4S2/c1-30(2)38-29-42(53(45-18-6-8-27-51-45)41-15-10-13-35-33-12-3-4-16-43(33)55-49(35)41)37-21-19-31-20-24-39(36-23-22-34(38)47(37)46(31)36)52(44-17-5-7-26-50-44)40-14-9-11-32-25-28-54-48(32)40/h3-30H,1-2H3. The van der Waals surface area contributed by atoms with Gasteiger partial charge in [0.05, 0.1) is 32.1 Å². The smallest absolute Gasteiger partial charge is 0.137 e. The van der Waals surface area contributed by atoms with Crippen molar-refractivity contribution >= 4 is 120 Å². The van der Waals surface area contributed by atoms with Crippen LogP contribution >= 0.6 is 22.7 Å². The Kier molecular flexibility index (Phi) is 7.37. The summed E-state index contributed by atoms with van der Waals surface area (Å²) >= 11 is 3.63. The minimum atomic E-state index is 0.287. The summed E-state index contributed by atoms with van der Waals surface area (Å²) in [5, 5.41) is 13.4. The molecule has 0 saturated carbocycles. The first kappa shape index (κ1) is 32.1. The summed E-state index contributed by atoms with van der Waals surface area (Å²) in [6, 6.07) is 52.9. The van der Waals surface area contributed by atoms with E-state index >= 15 is 0 Å². The zero-order valence-corrected chi connectivity index (χ0v) is 31.9. The Hall–Kier alpha value is -6.34. The molecule has 0 aliphatic heterocycles. The molecule has 0 unspecified atom stereocenters. The van der Waals surface area contributed by atoms with Gasteiger partial charge in [-0.2, -0.15) is 0 Å². The van der Waals surface area contributed by atoms with Crippen molar-refractivity contribution in [3.8, 4) is 0 Å². The molecule has 0 N–H and O–H groups in total. The van der Waals surface area contributed by atoms with Gasteiger partial charge in [-0.05, 0) is 104 Å². The second kappa shape index (κ2) is 12.6. The van der Waals surface area contributed by atoms with E-state index in [1.807, 2.05) is 35.9 Å². The predicted octanol–water partition coefficient (Wildman–Crippen LogP) is 15.0. The molecular weight excluding hydrogens is 709 g/mol. The molecule has 0 bridgehead atoms. The van der Waals surface area contributed by atoms with E-state index in [1.54, 1.807) is 11.3 Å². The minimum absolute atomic E-state index is 0.287. The average Bonchev–Trinajstić information content (AvgIpc) is 3.88. The fourth-order valence-corrected chi connectivity index (χ4v) is 10.6.